The van der Waals surface area contributed by atoms with Crippen LogP contribution in [-0.2, 0) is 19.0 Å². The van der Waals surface area contributed by atoms with E-state index >= 15 is 0 Å². The number of ketones is 1. The summed E-state index contributed by atoms with van der Waals surface area (Å²) in [6, 6.07) is 0. The van der Waals surface area contributed by atoms with Gasteiger partial charge in [0, 0.05) is 11.8 Å². The summed E-state index contributed by atoms with van der Waals surface area (Å²) in [5, 5.41) is 49.9. The number of aliphatic hydroxyl groups is 5. The molecule has 1 saturated carbocycles. The maximum Gasteiger partial charge on any atom is 0.187 e. The third kappa shape index (κ3) is 3.13. The van der Waals surface area contributed by atoms with Crippen molar-refractivity contribution < 1.29 is 44.5 Å². The average Bonchev–Trinajstić information content (AvgIpc) is 2.82. The second kappa shape index (κ2) is 6.82. The first kappa shape index (κ1) is 19.1. The van der Waals surface area contributed by atoms with Crippen molar-refractivity contribution in [3.63, 3.8) is 0 Å². The molecule has 3 rings (SSSR count). The van der Waals surface area contributed by atoms with Gasteiger partial charge < -0.3 is 39.7 Å². The largest absolute Gasteiger partial charge is 0.394 e. The molecular formula is C16H26O9. The third-order valence-corrected chi connectivity index (χ3v) is 5.81. The zero-order valence-electron chi connectivity index (χ0n) is 14.2. The molecular weight excluding hydrogens is 336 g/mol. The first-order chi connectivity index (χ1) is 11.7. The number of ether oxygens (including phenoxy) is 3. The highest BCUT2D eigenvalue weighted by Gasteiger charge is 2.58. The fraction of sp³-hybridized carbons (Fsp3) is 0.938. The Kier molecular flexibility index (Phi) is 5.22. The summed E-state index contributed by atoms with van der Waals surface area (Å²) < 4.78 is 16.6. The molecule has 0 spiro atoms. The lowest BCUT2D eigenvalue weighted by Crippen LogP contribution is -2.61. The van der Waals surface area contributed by atoms with Crippen molar-refractivity contribution in [2.24, 2.45) is 11.8 Å². The Morgan fingerprint density at radius 2 is 1.92 bits per heavy atom. The van der Waals surface area contributed by atoms with Crippen molar-refractivity contribution in [2.45, 2.75) is 68.8 Å². The summed E-state index contributed by atoms with van der Waals surface area (Å²) in [6.07, 6.45) is -8.08. The maximum absolute atomic E-state index is 11.9. The van der Waals surface area contributed by atoms with E-state index in [1.165, 1.54) is 6.92 Å². The Labute approximate surface area is 145 Å². The Morgan fingerprint density at radius 1 is 1.24 bits per heavy atom. The second-order valence-corrected chi connectivity index (χ2v) is 7.43. The average molecular weight is 362 g/mol. The molecule has 2 saturated heterocycles. The smallest absolute Gasteiger partial charge is 0.187 e. The van der Waals surface area contributed by atoms with Crippen molar-refractivity contribution in [3.05, 3.63) is 0 Å². The molecule has 9 nitrogen and oxygen atoms in total. The molecule has 25 heavy (non-hydrogen) atoms. The van der Waals surface area contributed by atoms with Crippen LogP contribution >= 0.6 is 0 Å². The van der Waals surface area contributed by atoms with E-state index in [0.717, 1.165) is 0 Å². The summed E-state index contributed by atoms with van der Waals surface area (Å²) in [5.74, 6) is -0.551. The molecule has 0 aromatic heterocycles. The number of fused-ring (bicyclic) bond motifs is 1. The maximum atomic E-state index is 11.9. The molecule has 0 aromatic carbocycles. The summed E-state index contributed by atoms with van der Waals surface area (Å²) >= 11 is 0. The predicted octanol–water partition coefficient (Wildman–Crippen LogP) is -2.45. The minimum atomic E-state index is -1.55. The monoisotopic (exact) mass is 362 g/mol. The highest BCUT2D eigenvalue weighted by atomic mass is 16.7. The third-order valence-electron chi connectivity index (χ3n) is 5.81. The van der Waals surface area contributed by atoms with Gasteiger partial charge in [0.05, 0.1) is 18.8 Å². The first-order valence-corrected chi connectivity index (χ1v) is 8.51. The van der Waals surface area contributed by atoms with E-state index in [2.05, 4.69) is 0 Å². The highest BCUT2D eigenvalue weighted by Crippen LogP contribution is 2.45. The molecule has 2 aliphatic heterocycles. The molecule has 0 bridgehead atoms. The Hall–Kier alpha value is -0.650. The van der Waals surface area contributed by atoms with Crippen LogP contribution in [0, 0.1) is 11.8 Å². The van der Waals surface area contributed by atoms with Crippen LogP contribution in [0.2, 0.25) is 0 Å². The van der Waals surface area contributed by atoms with Gasteiger partial charge in [-0.25, -0.2) is 0 Å². The van der Waals surface area contributed by atoms with Crippen LogP contribution in [-0.4, -0.2) is 93.0 Å². The number of carbonyl (C=O) groups is 1. The fourth-order valence-corrected chi connectivity index (χ4v) is 4.06. The molecule has 0 radical (unpaired) electrons. The van der Waals surface area contributed by atoms with Crippen molar-refractivity contribution in [1.82, 2.24) is 0 Å². The van der Waals surface area contributed by atoms with Crippen molar-refractivity contribution in [3.8, 4) is 0 Å². The summed E-state index contributed by atoms with van der Waals surface area (Å²) in [4.78, 5) is 11.9. The van der Waals surface area contributed by atoms with Gasteiger partial charge >= 0.3 is 0 Å². The molecule has 0 amide bonds. The van der Waals surface area contributed by atoms with Crippen LogP contribution in [0.5, 0.6) is 0 Å². The fourth-order valence-electron chi connectivity index (χ4n) is 4.06. The Balaban J connectivity index is 1.75. The molecule has 3 aliphatic rings. The molecule has 144 valence electrons. The summed E-state index contributed by atoms with van der Waals surface area (Å²) in [5.41, 5.74) is -1.42. The van der Waals surface area contributed by atoms with Crippen LogP contribution < -0.4 is 0 Å². The van der Waals surface area contributed by atoms with Crippen molar-refractivity contribution in [2.75, 3.05) is 13.2 Å². The van der Waals surface area contributed by atoms with E-state index in [0.29, 0.717) is 6.42 Å². The van der Waals surface area contributed by atoms with Gasteiger partial charge in [0.1, 0.15) is 36.6 Å². The van der Waals surface area contributed by atoms with Gasteiger partial charge in [-0.05, 0) is 13.3 Å². The molecule has 0 aromatic rings. The van der Waals surface area contributed by atoms with Gasteiger partial charge in [0.15, 0.2) is 12.1 Å². The van der Waals surface area contributed by atoms with E-state index in [-0.39, 0.29) is 24.2 Å². The lowest BCUT2D eigenvalue weighted by molar-refractivity contribution is -0.322. The Morgan fingerprint density at radius 3 is 2.56 bits per heavy atom. The normalized spacial score (nSPS) is 53.7. The van der Waals surface area contributed by atoms with E-state index in [9.17, 15) is 30.3 Å². The number of Topliss-reactive ketones (excluding diaryl/α,β-unsaturated/α-hetero) is 1. The number of hydrogen-bond acceptors (Lipinski definition) is 9. The standard InChI is InChI=1S/C16H26O9/c1-6-7-3-10(16(2,22)14(7)23-5-8(6)18)25-15-13(21)12(20)11(19)9(4-17)24-15/h6-7,9-15,17,19-22H,3-5H2,1-2H3/t6-,7+,9+,10-,11+,12-,13+,14-,15-,16+/m0/s1. The van der Waals surface area contributed by atoms with Crippen LogP contribution in [0.1, 0.15) is 20.3 Å². The molecule has 0 unspecified atom stereocenters. The number of hydrogen-bond donors (Lipinski definition) is 5. The second-order valence-electron chi connectivity index (χ2n) is 7.43. The van der Waals surface area contributed by atoms with Crippen LogP contribution in [0.25, 0.3) is 0 Å². The lowest BCUT2D eigenvalue weighted by atomic mass is 9.83. The topological polar surface area (TPSA) is 146 Å². The molecule has 2 heterocycles. The van der Waals surface area contributed by atoms with Gasteiger partial charge in [-0.15, -0.1) is 0 Å². The van der Waals surface area contributed by atoms with Crippen LogP contribution in [0.4, 0.5) is 0 Å². The highest BCUT2D eigenvalue weighted by molar-refractivity contribution is 5.83. The van der Waals surface area contributed by atoms with E-state index in [1.807, 2.05) is 0 Å². The van der Waals surface area contributed by atoms with E-state index < -0.39 is 55.1 Å². The van der Waals surface area contributed by atoms with Crippen LogP contribution in [0.3, 0.4) is 0 Å². The Bertz CT molecular complexity index is 508. The number of rotatable bonds is 3. The summed E-state index contributed by atoms with van der Waals surface area (Å²) in [6.45, 7) is 2.70. The SMILES string of the molecule is C[C@@H]1C(=O)CO[C@H]2[C@@H]1C[C@H](O[C@@H]1O[C@H](CO)[C@@H](O)[C@H](O)[C@H]1O)[C@@]2(C)O. The number of carbonyl (C=O) groups excluding carboxylic acids is 1. The first-order valence-electron chi connectivity index (χ1n) is 8.51. The predicted molar refractivity (Wildman–Crippen MR) is 81.3 cm³/mol. The van der Waals surface area contributed by atoms with Gasteiger partial charge in [0.2, 0.25) is 0 Å². The van der Waals surface area contributed by atoms with Crippen LogP contribution in [0.15, 0.2) is 0 Å². The quantitative estimate of drug-likeness (QED) is 0.369. The minimum absolute atomic E-state index is 0.0365. The van der Waals surface area contributed by atoms with Gasteiger partial charge in [-0.1, -0.05) is 6.92 Å². The van der Waals surface area contributed by atoms with Gasteiger partial charge in [0.25, 0.3) is 0 Å². The molecule has 10 atom stereocenters. The lowest BCUT2D eigenvalue weighted by Gasteiger charge is -2.42. The molecule has 9 heteroatoms. The zero-order chi connectivity index (χ0) is 18.5. The number of aliphatic hydroxyl groups excluding tert-OH is 4. The van der Waals surface area contributed by atoms with Crippen molar-refractivity contribution >= 4 is 5.78 Å². The molecule has 3 fully saturated rings. The van der Waals surface area contributed by atoms with E-state index in [4.69, 9.17) is 14.2 Å². The minimum Gasteiger partial charge on any atom is -0.394 e. The molecule has 5 N–H and O–H groups in total. The summed E-state index contributed by atoms with van der Waals surface area (Å²) in [7, 11) is 0. The van der Waals surface area contributed by atoms with Gasteiger partial charge in [-0.3, -0.25) is 4.79 Å². The zero-order valence-corrected chi connectivity index (χ0v) is 14.2. The van der Waals surface area contributed by atoms with E-state index in [1.54, 1.807) is 6.92 Å². The molecule has 1 aliphatic carbocycles. The van der Waals surface area contributed by atoms with Gasteiger partial charge in [-0.2, -0.15) is 0 Å². The van der Waals surface area contributed by atoms with Crippen molar-refractivity contribution in [1.29, 1.82) is 0 Å².